The van der Waals surface area contributed by atoms with E-state index in [0.29, 0.717) is 5.56 Å². The highest BCUT2D eigenvalue weighted by molar-refractivity contribution is 7.88. The second-order valence-electron chi connectivity index (χ2n) is 3.37. The maximum Gasteiger partial charge on any atom is 0.534 e. The summed E-state index contributed by atoms with van der Waals surface area (Å²) in [4.78, 5) is 0. The number of aromatic nitrogens is 2. The number of rotatable bonds is 3. The van der Waals surface area contributed by atoms with Gasteiger partial charge in [0.25, 0.3) is 0 Å². The van der Waals surface area contributed by atoms with E-state index in [9.17, 15) is 21.6 Å². The highest BCUT2D eigenvalue weighted by Gasteiger charge is 2.48. The second-order valence-corrected chi connectivity index (χ2v) is 5.32. The first kappa shape index (κ1) is 14.6. The fraction of sp³-hybridized carbons (Fsp3) is 0.111. The molecule has 0 amide bonds. The second kappa shape index (κ2) is 4.94. The predicted octanol–water partition coefficient (Wildman–Crippen LogP) is 2.62. The Morgan fingerprint density at radius 2 is 2.00 bits per heavy atom. The van der Waals surface area contributed by atoms with Gasteiger partial charge in [-0.1, -0.05) is 11.6 Å². The van der Waals surface area contributed by atoms with Gasteiger partial charge in [0.2, 0.25) is 12.3 Å². The van der Waals surface area contributed by atoms with Gasteiger partial charge >= 0.3 is 15.6 Å². The average Bonchev–Trinajstić information content (AvgIpc) is 2.83. The van der Waals surface area contributed by atoms with Crippen molar-refractivity contribution in [3.63, 3.8) is 0 Å². The Morgan fingerprint density at radius 3 is 2.50 bits per heavy atom. The van der Waals surface area contributed by atoms with E-state index in [0.717, 1.165) is 18.5 Å². The van der Waals surface area contributed by atoms with Crippen LogP contribution in [0.15, 0.2) is 29.0 Å². The molecule has 0 aliphatic heterocycles. The van der Waals surface area contributed by atoms with Crippen LogP contribution < -0.4 is 4.18 Å². The van der Waals surface area contributed by atoms with Crippen molar-refractivity contribution in [2.24, 2.45) is 0 Å². The van der Waals surface area contributed by atoms with Crippen LogP contribution in [0.3, 0.4) is 0 Å². The quantitative estimate of drug-likeness (QED) is 0.636. The van der Waals surface area contributed by atoms with Crippen molar-refractivity contribution in [1.82, 2.24) is 10.2 Å². The largest absolute Gasteiger partial charge is 0.534 e. The molecule has 0 saturated heterocycles. The van der Waals surface area contributed by atoms with E-state index < -0.39 is 21.4 Å². The lowest BCUT2D eigenvalue weighted by Crippen LogP contribution is -2.28. The van der Waals surface area contributed by atoms with Crippen LogP contribution in [0.5, 0.6) is 5.75 Å². The number of alkyl halides is 3. The first-order chi connectivity index (χ1) is 9.21. The first-order valence-electron chi connectivity index (χ1n) is 4.77. The molecule has 1 heterocycles. The zero-order valence-electron chi connectivity index (χ0n) is 9.26. The highest BCUT2D eigenvalue weighted by Crippen LogP contribution is 2.33. The van der Waals surface area contributed by atoms with Crippen molar-refractivity contribution in [3.8, 4) is 17.2 Å². The van der Waals surface area contributed by atoms with Gasteiger partial charge in [-0.2, -0.15) is 21.6 Å². The molecule has 0 fully saturated rings. The van der Waals surface area contributed by atoms with Crippen LogP contribution in [0.2, 0.25) is 5.02 Å². The Hall–Kier alpha value is -1.81. The Kier molecular flexibility index (Phi) is 3.61. The third-order valence-corrected chi connectivity index (χ3v) is 3.28. The number of halogens is 4. The lowest BCUT2D eigenvalue weighted by molar-refractivity contribution is -0.0500. The third kappa shape index (κ3) is 2.85. The van der Waals surface area contributed by atoms with E-state index in [1.807, 2.05) is 0 Å². The minimum Gasteiger partial charge on any atom is -0.423 e. The highest BCUT2D eigenvalue weighted by atomic mass is 35.5. The minimum absolute atomic E-state index is 0.0668. The zero-order chi connectivity index (χ0) is 15.0. The molecule has 0 unspecified atom stereocenters. The van der Waals surface area contributed by atoms with Gasteiger partial charge in [0.05, 0.1) is 5.02 Å². The van der Waals surface area contributed by atoms with E-state index >= 15 is 0 Å². The summed E-state index contributed by atoms with van der Waals surface area (Å²) < 4.78 is 66.9. The maximum absolute atomic E-state index is 12.2. The van der Waals surface area contributed by atoms with Crippen molar-refractivity contribution >= 4 is 21.7 Å². The van der Waals surface area contributed by atoms with Crippen LogP contribution >= 0.6 is 11.6 Å². The molecular formula is C9H4ClF3N2O4S. The summed E-state index contributed by atoms with van der Waals surface area (Å²) in [5, 5.41) is 6.61. The van der Waals surface area contributed by atoms with E-state index in [1.165, 1.54) is 6.07 Å². The van der Waals surface area contributed by atoms with Crippen LogP contribution in [0.25, 0.3) is 11.5 Å². The number of benzene rings is 1. The number of nitrogens with zero attached hydrogens (tertiary/aromatic N) is 2. The lowest BCUT2D eigenvalue weighted by Gasteiger charge is -2.10. The van der Waals surface area contributed by atoms with Crippen molar-refractivity contribution in [2.45, 2.75) is 5.51 Å². The van der Waals surface area contributed by atoms with Crippen LogP contribution in [0.1, 0.15) is 0 Å². The van der Waals surface area contributed by atoms with E-state index in [1.54, 1.807) is 0 Å². The topological polar surface area (TPSA) is 82.3 Å². The molecule has 2 rings (SSSR count). The number of hydrogen-bond acceptors (Lipinski definition) is 6. The van der Waals surface area contributed by atoms with Gasteiger partial charge in [0, 0.05) is 5.56 Å². The summed E-state index contributed by atoms with van der Waals surface area (Å²) in [6.45, 7) is 0. The van der Waals surface area contributed by atoms with Crippen LogP contribution in [0.4, 0.5) is 13.2 Å². The fourth-order valence-electron chi connectivity index (χ4n) is 1.17. The van der Waals surface area contributed by atoms with Gasteiger partial charge in [-0.15, -0.1) is 10.2 Å². The van der Waals surface area contributed by atoms with Crippen molar-refractivity contribution in [1.29, 1.82) is 0 Å². The van der Waals surface area contributed by atoms with E-state index in [4.69, 9.17) is 16.0 Å². The molecule has 1 aromatic carbocycles. The molecule has 108 valence electrons. The standard InChI is InChI=1S/C9H4ClF3N2O4S/c10-6-3-5(8-15-14-4-18-8)1-2-7(6)19-20(16,17)9(11,12)13/h1-4H. The molecular weight excluding hydrogens is 325 g/mol. The van der Waals surface area contributed by atoms with Gasteiger partial charge < -0.3 is 8.60 Å². The normalized spacial score (nSPS) is 12.4. The predicted molar refractivity (Wildman–Crippen MR) is 60.3 cm³/mol. The van der Waals surface area contributed by atoms with Gasteiger partial charge in [-0.25, -0.2) is 0 Å². The van der Waals surface area contributed by atoms with Crippen molar-refractivity contribution in [3.05, 3.63) is 29.6 Å². The van der Waals surface area contributed by atoms with Gasteiger partial charge in [-0.05, 0) is 18.2 Å². The summed E-state index contributed by atoms with van der Waals surface area (Å²) >= 11 is 5.66. The molecule has 0 N–H and O–H groups in total. The molecule has 0 aliphatic rings. The Balaban J connectivity index is 2.32. The fourth-order valence-corrected chi connectivity index (χ4v) is 1.91. The monoisotopic (exact) mass is 328 g/mol. The molecule has 0 bridgehead atoms. The molecule has 0 radical (unpaired) electrons. The third-order valence-electron chi connectivity index (χ3n) is 2.02. The molecule has 0 aliphatic carbocycles. The van der Waals surface area contributed by atoms with Crippen LogP contribution in [-0.4, -0.2) is 24.1 Å². The molecule has 0 atom stereocenters. The summed E-state index contributed by atoms with van der Waals surface area (Å²) in [6.07, 6.45) is 1.04. The summed E-state index contributed by atoms with van der Waals surface area (Å²) in [7, 11) is -5.78. The zero-order valence-corrected chi connectivity index (χ0v) is 10.8. The van der Waals surface area contributed by atoms with E-state index in [2.05, 4.69) is 14.4 Å². The van der Waals surface area contributed by atoms with Crippen LogP contribution in [-0.2, 0) is 10.1 Å². The molecule has 1 aromatic heterocycles. The summed E-state index contributed by atoms with van der Waals surface area (Å²) in [5.41, 5.74) is -5.24. The Morgan fingerprint density at radius 1 is 1.30 bits per heavy atom. The summed E-state index contributed by atoms with van der Waals surface area (Å²) in [5.74, 6) is -0.593. The first-order valence-corrected chi connectivity index (χ1v) is 6.56. The Labute approximate surface area is 115 Å². The van der Waals surface area contributed by atoms with Gasteiger partial charge in [-0.3, -0.25) is 0 Å². The number of hydrogen-bond donors (Lipinski definition) is 0. The van der Waals surface area contributed by atoms with Gasteiger partial charge in [0.1, 0.15) is 0 Å². The minimum atomic E-state index is -5.78. The molecule has 11 heteroatoms. The van der Waals surface area contributed by atoms with Gasteiger partial charge in [0.15, 0.2) is 5.75 Å². The average molecular weight is 329 g/mol. The smallest absolute Gasteiger partial charge is 0.423 e. The van der Waals surface area contributed by atoms with E-state index in [-0.39, 0.29) is 10.9 Å². The SMILES string of the molecule is O=S(=O)(Oc1ccc(-c2nnco2)cc1Cl)C(F)(F)F. The molecule has 2 aromatic rings. The molecule has 0 spiro atoms. The molecule has 6 nitrogen and oxygen atoms in total. The Bertz CT molecular complexity index is 715. The van der Waals surface area contributed by atoms with Crippen molar-refractivity contribution < 1.29 is 30.2 Å². The summed E-state index contributed by atoms with van der Waals surface area (Å²) in [6, 6.07) is 3.31. The molecule has 0 saturated carbocycles. The molecule has 20 heavy (non-hydrogen) atoms. The maximum atomic E-state index is 12.2. The van der Waals surface area contributed by atoms with Crippen molar-refractivity contribution in [2.75, 3.05) is 0 Å². The lowest BCUT2D eigenvalue weighted by atomic mass is 10.2. The van der Waals surface area contributed by atoms with Crippen LogP contribution in [0, 0.1) is 0 Å².